The van der Waals surface area contributed by atoms with E-state index in [9.17, 15) is 13.6 Å². The summed E-state index contributed by atoms with van der Waals surface area (Å²) in [7, 11) is 2.81. The number of carbonyl (C=O) groups excluding carboxylic acids is 1. The predicted octanol–water partition coefficient (Wildman–Crippen LogP) is 3.06. The number of hydrogen-bond acceptors (Lipinski definition) is 5. The summed E-state index contributed by atoms with van der Waals surface area (Å²) in [5, 5.41) is 3.32. The van der Waals surface area contributed by atoms with Crippen molar-refractivity contribution in [2.24, 2.45) is 0 Å². The monoisotopic (exact) mass is 406 g/mol. The van der Waals surface area contributed by atoms with Gasteiger partial charge < -0.3 is 24.4 Å². The van der Waals surface area contributed by atoms with E-state index in [1.165, 1.54) is 37.3 Å². The third kappa shape index (κ3) is 4.83. The van der Waals surface area contributed by atoms with Crippen LogP contribution in [0.15, 0.2) is 36.4 Å². The summed E-state index contributed by atoms with van der Waals surface area (Å²) in [5.74, 6) is -0.875. The van der Waals surface area contributed by atoms with Gasteiger partial charge in [0.25, 0.3) is 5.91 Å². The molecule has 8 heteroatoms. The molecule has 1 aliphatic rings. The quantitative estimate of drug-likeness (QED) is 0.766. The van der Waals surface area contributed by atoms with E-state index in [0.29, 0.717) is 12.2 Å². The van der Waals surface area contributed by atoms with Crippen molar-refractivity contribution >= 4 is 11.6 Å². The molecule has 1 unspecified atom stereocenters. The molecule has 2 aromatic rings. The molecule has 0 aromatic heterocycles. The van der Waals surface area contributed by atoms with Crippen LogP contribution in [0, 0.1) is 11.6 Å². The van der Waals surface area contributed by atoms with Gasteiger partial charge in [0.15, 0.2) is 23.1 Å². The maximum atomic E-state index is 14.0. The number of benzene rings is 2. The molecule has 0 bridgehead atoms. The molecule has 1 aliphatic heterocycles. The molecule has 0 saturated carbocycles. The van der Waals surface area contributed by atoms with Crippen LogP contribution in [0.4, 0.5) is 14.5 Å². The molecule has 156 valence electrons. The number of halogens is 2. The van der Waals surface area contributed by atoms with Crippen LogP contribution in [0.2, 0.25) is 0 Å². The van der Waals surface area contributed by atoms with E-state index in [2.05, 4.69) is 5.32 Å². The predicted molar refractivity (Wildman–Crippen MR) is 104 cm³/mol. The molecule has 1 saturated heterocycles. The van der Waals surface area contributed by atoms with Crippen molar-refractivity contribution < 1.29 is 27.8 Å². The number of nitrogens with zero attached hydrogens (tertiary/aromatic N) is 1. The van der Waals surface area contributed by atoms with Crippen LogP contribution in [0.5, 0.6) is 11.5 Å². The SMILES string of the molecule is COc1ccc(N2CC(CN[C@H](C)c3ccc(F)c(OC)c3)OCC2=O)cc1F. The third-order valence-electron chi connectivity index (χ3n) is 4.90. The Morgan fingerprint density at radius 2 is 1.90 bits per heavy atom. The van der Waals surface area contributed by atoms with E-state index in [-0.39, 0.29) is 42.7 Å². The van der Waals surface area contributed by atoms with E-state index < -0.39 is 11.6 Å². The summed E-state index contributed by atoms with van der Waals surface area (Å²) in [6, 6.07) is 9.02. The van der Waals surface area contributed by atoms with Crippen molar-refractivity contribution in [2.45, 2.75) is 19.1 Å². The van der Waals surface area contributed by atoms with Crippen molar-refractivity contribution in [1.29, 1.82) is 0 Å². The minimum Gasteiger partial charge on any atom is -0.494 e. The summed E-state index contributed by atoms with van der Waals surface area (Å²) in [5.41, 5.74) is 1.32. The Balaban J connectivity index is 1.63. The molecule has 1 N–H and O–H groups in total. The van der Waals surface area contributed by atoms with Gasteiger partial charge >= 0.3 is 0 Å². The van der Waals surface area contributed by atoms with Gasteiger partial charge in [-0.25, -0.2) is 8.78 Å². The molecule has 2 atom stereocenters. The van der Waals surface area contributed by atoms with E-state index in [1.807, 2.05) is 6.92 Å². The second-order valence-electron chi connectivity index (χ2n) is 6.78. The minimum atomic E-state index is -0.530. The molecule has 2 aromatic carbocycles. The largest absolute Gasteiger partial charge is 0.494 e. The summed E-state index contributed by atoms with van der Waals surface area (Å²) < 4.78 is 43.2. The summed E-state index contributed by atoms with van der Waals surface area (Å²) in [4.78, 5) is 13.7. The second-order valence-corrected chi connectivity index (χ2v) is 6.78. The summed E-state index contributed by atoms with van der Waals surface area (Å²) in [6.07, 6.45) is -0.275. The smallest absolute Gasteiger partial charge is 0.253 e. The first-order valence-electron chi connectivity index (χ1n) is 9.25. The molecule has 0 radical (unpaired) electrons. The van der Waals surface area contributed by atoms with Gasteiger partial charge in [-0.2, -0.15) is 0 Å². The number of nitrogens with one attached hydrogen (secondary N) is 1. The van der Waals surface area contributed by atoms with Crippen LogP contribution >= 0.6 is 0 Å². The third-order valence-corrected chi connectivity index (χ3v) is 4.90. The number of rotatable bonds is 7. The zero-order chi connectivity index (χ0) is 21.0. The lowest BCUT2D eigenvalue weighted by Crippen LogP contribution is -2.50. The maximum Gasteiger partial charge on any atom is 0.253 e. The molecule has 3 rings (SSSR count). The van der Waals surface area contributed by atoms with Crippen molar-refractivity contribution in [3.63, 3.8) is 0 Å². The molecule has 0 spiro atoms. The maximum absolute atomic E-state index is 14.0. The lowest BCUT2D eigenvalue weighted by Gasteiger charge is -2.33. The molecule has 1 fully saturated rings. The highest BCUT2D eigenvalue weighted by Gasteiger charge is 2.28. The Morgan fingerprint density at radius 3 is 2.59 bits per heavy atom. The molecule has 0 aliphatic carbocycles. The van der Waals surface area contributed by atoms with Gasteiger partial charge in [-0.3, -0.25) is 4.79 Å². The highest BCUT2D eigenvalue weighted by atomic mass is 19.1. The molecule has 1 heterocycles. The van der Waals surface area contributed by atoms with Gasteiger partial charge in [-0.05, 0) is 36.8 Å². The topological polar surface area (TPSA) is 60.0 Å². The van der Waals surface area contributed by atoms with E-state index in [4.69, 9.17) is 14.2 Å². The first-order chi connectivity index (χ1) is 13.9. The van der Waals surface area contributed by atoms with Gasteiger partial charge in [0.05, 0.1) is 26.9 Å². The average molecular weight is 406 g/mol. The van der Waals surface area contributed by atoms with E-state index in [0.717, 1.165) is 5.56 Å². The van der Waals surface area contributed by atoms with Gasteiger partial charge in [0.2, 0.25) is 0 Å². The fourth-order valence-corrected chi connectivity index (χ4v) is 3.19. The Labute approximate surface area is 168 Å². The molecule has 1 amide bonds. The molecular weight excluding hydrogens is 382 g/mol. The van der Waals surface area contributed by atoms with E-state index in [1.54, 1.807) is 18.2 Å². The van der Waals surface area contributed by atoms with Crippen molar-refractivity contribution in [2.75, 3.05) is 38.8 Å². The highest BCUT2D eigenvalue weighted by molar-refractivity contribution is 5.95. The highest BCUT2D eigenvalue weighted by Crippen LogP contribution is 2.26. The zero-order valence-electron chi connectivity index (χ0n) is 16.6. The Morgan fingerprint density at radius 1 is 1.14 bits per heavy atom. The lowest BCUT2D eigenvalue weighted by molar-refractivity contribution is -0.129. The average Bonchev–Trinajstić information content (AvgIpc) is 2.73. The fraction of sp³-hybridized carbons (Fsp3) is 0.381. The Kier molecular flexibility index (Phi) is 6.66. The first kappa shape index (κ1) is 21.0. The molecular formula is C21H24F2N2O4. The van der Waals surface area contributed by atoms with Crippen molar-refractivity contribution in [3.05, 3.63) is 53.6 Å². The number of hydrogen-bond donors (Lipinski definition) is 1. The minimum absolute atomic E-state index is 0.0846. The van der Waals surface area contributed by atoms with Gasteiger partial charge in [-0.1, -0.05) is 6.07 Å². The van der Waals surface area contributed by atoms with Gasteiger partial charge in [-0.15, -0.1) is 0 Å². The standard InChI is InChI=1S/C21H24F2N2O4/c1-13(14-4-6-17(22)20(8-14)28-3)24-10-16-11-25(21(26)12-29-16)15-5-7-19(27-2)18(23)9-15/h4-9,13,16,24H,10-12H2,1-3H3/t13-,16?/m1/s1. The first-order valence-corrected chi connectivity index (χ1v) is 9.25. The Bertz CT molecular complexity index is 878. The summed E-state index contributed by atoms with van der Waals surface area (Å²) >= 11 is 0. The summed E-state index contributed by atoms with van der Waals surface area (Å²) in [6.45, 7) is 2.61. The normalized spacial score (nSPS) is 17.9. The van der Waals surface area contributed by atoms with Crippen molar-refractivity contribution in [1.82, 2.24) is 5.32 Å². The Hall–Kier alpha value is -2.71. The number of ether oxygens (including phenoxy) is 3. The van der Waals surface area contributed by atoms with Crippen LogP contribution in [0.3, 0.4) is 0 Å². The fourth-order valence-electron chi connectivity index (χ4n) is 3.19. The van der Waals surface area contributed by atoms with Gasteiger partial charge in [0, 0.05) is 24.3 Å². The van der Waals surface area contributed by atoms with Crippen LogP contribution in [0.25, 0.3) is 0 Å². The number of anilines is 1. The van der Waals surface area contributed by atoms with Gasteiger partial charge in [0.1, 0.15) is 6.61 Å². The van der Waals surface area contributed by atoms with Crippen LogP contribution in [-0.2, 0) is 9.53 Å². The zero-order valence-corrected chi connectivity index (χ0v) is 16.6. The second kappa shape index (κ2) is 9.19. The van der Waals surface area contributed by atoms with Crippen LogP contribution in [0.1, 0.15) is 18.5 Å². The number of methoxy groups -OCH3 is 2. The van der Waals surface area contributed by atoms with E-state index >= 15 is 0 Å². The number of carbonyl (C=O) groups is 1. The lowest BCUT2D eigenvalue weighted by atomic mass is 10.1. The molecule has 29 heavy (non-hydrogen) atoms. The van der Waals surface area contributed by atoms with Crippen LogP contribution in [-0.4, -0.2) is 45.9 Å². The number of amides is 1. The number of morpholine rings is 1. The van der Waals surface area contributed by atoms with Crippen molar-refractivity contribution in [3.8, 4) is 11.5 Å². The molecule has 6 nitrogen and oxygen atoms in total. The van der Waals surface area contributed by atoms with Crippen LogP contribution < -0.4 is 19.7 Å².